The van der Waals surface area contributed by atoms with Crippen LogP contribution < -0.4 is 5.14 Å². The van der Waals surface area contributed by atoms with E-state index in [4.69, 9.17) is 21.5 Å². The number of likely N-dealkylation sites (N-methyl/N-ethyl adjacent to an activating group) is 1. The second-order valence-corrected chi connectivity index (χ2v) is 6.98. The number of amides is 1. The van der Waals surface area contributed by atoms with Gasteiger partial charge in [-0.3, -0.25) is 4.79 Å². The number of methoxy groups -OCH3 is 1. The molecule has 1 amide bonds. The monoisotopic (exact) mass is 398 g/mol. The minimum atomic E-state index is -3.96. The molecule has 0 fully saturated rings. The number of rotatable bonds is 6. The highest BCUT2D eigenvalue weighted by molar-refractivity contribution is 9.10. The molecule has 0 heterocycles. The number of sulfonamides is 1. The lowest BCUT2D eigenvalue weighted by Crippen LogP contribution is -2.34. The lowest BCUT2D eigenvalue weighted by atomic mass is 10.2. The summed E-state index contributed by atoms with van der Waals surface area (Å²) >= 11 is 9.11. The number of hydrogen-bond acceptors (Lipinski definition) is 4. The van der Waals surface area contributed by atoms with E-state index in [2.05, 4.69) is 15.9 Å². The lowest BCUT2D eigenvalue weighted by molar-refractivity contribution is 0.0706. The van der Waals surface area contributed by atoms with Crippen molar-refractivity contribution >= 4 is 43.5 Å². The van der Waals surface area contributed by atoms with E-state index < -0.39 is 10.0 Å². The number of primary sulfonamides is 1. The zero-order valence-corrected chi connectivity index (χ0v) is 14.8. The van der Waals surface area contributed by atoms with Gasteiger partial charge in [-0.05, 0) is 35.0 Å². The molecule has 0 saturated carbocycles. The van der Waals surface area contributed by atoms with Crippen LogP contribution in [-0.2, 0) is 14.8 Å². The highest BCUT2D eigenvalue weighted by atomic mass is 79.9. The van der Waals surface area contributed by atoms with Crippen LogP contribution in [0.3, 0.4) is 0 Å². The smallest absolute Gasteiger partial charge is 0.255 e. The second kappa shape index (κ2) is 7.55. The lowest BCUT2D eigenvalue weighted by Gasteiger charge is -2.21. The van der Waals surface area contributed by atoms with Crippen molar-refractivity contribution in [3.8, 4) is 0 Å². The van der Waals surface area contributed by atoms with Crippen molar-refractivity contribution in [2.45, 2.75) is 11.8 Å². The Hall–Kier alpha value is -0.670. The van der Waals surface area contributed by atoms with Crippen molar-refractivity contribution in [3.05, 3.63) is 27.2 Å². The van der Waals surface area contributed by atoms with E-state index >= 15 is 0 Å². The van der Waals surface area contributed by atoms with Crippen LogP contribution in [-0.4, -0.2) is 46.0 Å². The highest BCUT2D eigenvalue weighted by Crippen LogP contribution is 2.29. The molecular weight excluding hydrogens is 384 g/mol. The van der Waals surface area contributed by atoms with Gasteiger partial charge in [-0.2, -0.15) is 0 Å². The Morgan fingerprint density at radius 1 is 1.48 bits per heavy atom. The van der Waals surface area contributed by atoms with Crippen LogP contribution in [0.2, 0.25) is 5.02 Å². The number of carbonyl (C=O) groups excluding carboxylic acids is 1. The molecule has 1 aromatic rings. The average molecular weight is 400 g/mol. The molecule has 0 aliphatic rings. The molecule has 0 bridgehead atoms. The first-order chi connectivity index (χ1) is 9.72. The highest BCUT2D eigenvalue weighted by Gasteiger charge is 2.22. The van der Waals surface area contributed by atoms with Crippen molar-refractivity contribution in [3.63, 3.8) is 0 Å². The zero-order chi connectivity index (χ0) is 16.2. The first-order valence-electron chi connectivity index (χ1n) is 6.02. The topological polar surface area (TPSA) is 89.7 Å². The third-order valence-corrected chi connectivity index (χ3v) is 4.97. The van der Waals surface area contributed by atoms with Crippen molar-refractivity contribution in [2.24, 2.45) is 5.14 Å². The maximum absolute atomic E-state index is 12.4. The molecule has 0 unspecified atom stereocenters. The number of carbonyl (C=O) groups is 1. The molecule has 6 nitrogen and oxygen atoms in total. The number of nitrogens with zero attached hydrogens (tertiary/aromatic N) is 1. The Morgan fingerprint density at radius 3 is 2.57 bits per heavy atom. The van der Waals surface area contributed by atoms with Gasteiger partial charge in [0.05, 0.1) is 22.1 Å². The molecule has 1 aromatic carbocycles. The molecule has 2 N–H and O–H groups in total. The number of benzene rings is 1. The molecular formula is C12H16BrClN2O4S. The van der Waals surface area contributed by atoms with Crippen LogP contribution in [0.25, 0.3) is 0 Å². The molecule has 0 aromatic heterocycles. The van der Waals surface area contributed by atoms with Crippen LogP contribution in [0.1, 0.15) is 17.3 Å². The molecule has 21 heavy (non-hydrogen) atoms. The van der Waals surface area contributed by atoms with Crippen LogP contribution in [0, 0.1) is 0 Å². The van der Waals surface area contributed by atoms with Gasteiger partial charge >= 0.3 is 0 Å². The summed E-state index contributed by atoms with van der Waals surface area (Å²) < 4.78 is 28.2. The van der Waals surface area contributed by atoms with Gasteiger partial charge in [0, 0.05) is 24.7 Å². The molecule has 0 atom stereocenters. The first-order valence-corrected chi connectivity index (χ1v) is 8.74. The largest absolute Gasteiger partial charge is 0.383 e. The minimum Gasteiger partial charge on any atom is -0.383 e. The number of hydrogen-bond donors (Lipinski definition) is 1. The van der Waals surface area contributed by atoms with Gasteiger partial charge in [0.25, 0.3) is 5.91 Å². The van der Waals surface area contributed by atoms with E-state index in [-0.39, 0.29) is 25.9 Å². The summed E-state index contributed by atoms with van der Waals surface area (Å²) in [6.07, 6.45) is 0. The van der Waals surface area contributed by atoms with E-state index in [1.165, 1.54) is 24.1 Å². The summed E-state index contributed by atoms with van der Waals surface area (Å²) in [6, 6.07) is 2.53. The average Bonchev–Trinajstić information content (AvgIpc) is 2.37. The quantitative estimate of drug-likeness (QED) is 0.790. The summed E-state index contributed by atoms with van der Waals surface area (Å²) in [7, 11) is -2.42. The molecule has 1 rings (SSSR count). The van der Waals surface area contributed by atoms with Crippen molar-refractivity contribution in [1.29, 1.82) is 0 Å². The second-order valence-electron chi connectivity index (χ2n) is 4.19. The molecule has 0 aliphatic carbocycles. The van der Waals surface area contributed by atoms with Crippen LogP contribution in [0.4, 0.5) is 0 Å². The molecule has 0 saturated heterocycles. The van der Waals surface area contributed by atoms with E-state index in [1.807, 2.05) is 0 Å². The number of nitrogens with two attached hydrogens (primary N) is 1. The molecule has 0 radical (unpaired) electrons. The van der Waals surface area contributed by atoms with Crippen molar-refractivity contribution in [2.75, 3.05) is 26.8 Å². The van der Waals surface area contributed by atoms with Gasteiger partial charge in [-0.15, -0.1) is 0 Å². The molecule has 0 aliphatic heterocycles. The summed E-state index contributed by atoms with van der Waals surface area (Å²) in [5.41, 5.74) is 0.0850. The third-order valence-electron chi connectivity index (χ3n) is 2.79. The fourth-order valence-electron chi connectivity index (χ4n) is 1.69. The Morgan fingerprint density at radius 2 is 2.10 bits per heavy atom. The predicted octanol–water partition coefficient (Wildman–Crippen LogP) is 1.86. The Kier molecular flexibility index (Phi) is 6.61. The fourth-order valence-corrected chi connectivity index (χ4v) is 3.70. The van der Waals surface area contributed by atoms with Gasteiger partial charge in [0.15, 0.2) is 0 Å². The number of ether oxygens (including phenoxy) is 1. The van der Waals surface area contributed by atoms with E-state index in [9.17, 15) is 13.2 Å². The van der Waals surface area contributed by atoms with E-state index in [0.29, 0.717) is 19.7 Å². The van der Waals surface area contributed by atoms with Crippen LogP contribution in [0.5, 0.6) is 0 Å². The predicted molar refractivity (Wildman–Crippen MR) is 84.0 cm³/mol. The Balaban J connectivity index is 3.26. The third kappa shape index (κ3) is 4.65. The molecule has 9 heteroatoms. The fraction of sp³-hybridized carbons (Fsp3) is 0.417. The molecule has 0 spiro atoms. The molecule has 118 valence electrons. The summed E-state index contributed by atoms with van der Waals surface area (Å²) in [4.78, 5) is 13.8. The van der Waals surface area contributed by atoms with Gasteiger partial charge in [-0.25, -0.2) is 13.6 Å². The Bertz CT molecular complexity index is 636. The minimum absolute atomic E-state index is 0.0850. The van der Waals surface area contributed by atoms with Crippen LogP contribution in [0.15, 0.2) is 21.5 Å². The maximum atomic E-state index is 12.4. The normalized spacial score (nSPS) is 11.5. The Labute approximate surface area is 137 Å². The van der Waals surface area contributed by atoms with Crippen molar-refractivity contribution < 1.29 is 17.9 Å². The maximum Gasteiger partial charge on any atom is 0.255 e. The summed E-state index contributed by atoms with van der Waals surface area (Å²) in [5, 5.41) is 5.27. The van der Waals surface area contributed by atoms with Gasteiger partial charge < -0.3 is 9.64 Å². The SMILES string of the molecule is CCN(CCOC)C(=O)c1cc(S(N)(=O)=O)c(Br)cc1Cl. The van der Waals surface area contributed by atoms with Crippen molar-refractivity contribution in [1.82, 2.24) is 4.90 Å². The van der Waals surface area contributed by atoms with E-state index in [1.54, 1.807) is 6.92 Å². The van der Waals surface area contributed by atoms with Gasteiger partial charge in [-0.1, -0.05) is 11.6 Å². The zero-order valence-electron chi connectivity index (χ0n) is 11.6. The van der Waals surface area contributed by atoms with Gasteiger partial charge in [0.1, 0.15) is 0 Å². The first kappa shape index (κ1) is 18.4. The number of halogens is 2. The van der Waals surface area contributed by atoms with E-state index in [0.717, 1.165) is 0 Å². The standard InChI is InChI=1S/C12H16BrClN2O4S/c1-3-16(4-5-20-2)12(17)8-6-11(21(15,18)19)9(13)7-10(8)14/h6-7H,3-5H2,1-2H3,(H2,15,18,19). The van der Waals surface area contributed by atoms with Crippen LogP contribution >= 0.6 is 27.5 Å². The van der Waals surface area contributed by atoms with Gasteiger partial charge in [0.2, 0.25) is 10.0 Å². The summed E-state index contributed by atoms with van der Waals surface area (Å²) in [6.45, 7) is 3.00. The summed E-state index contributed by atoms with van der Waals surface area (Å²) in [5.74, 6) is -0.378.